The second-order valence-corrected chi connectivity index (χ2v) is 8.59. The highest BCUT2D eigenvalue weighted by Gasteiger charge is 2.31. The number of methoxy groups -OCH3 is 1. The highest BCUT2D eigenvalue weighted by atomic mass is 79.9. The Bertz CT molecular complexity index is 628. The Labute approximate surface area is 159 Å². The summed E-state index contributed by atoms with van der Waals surface area (Å²) in [4.78, 5) is 16.5. The zero-order chi connectivity index (χ0) is 18.8. The molecule has 1 aromatic carbocycles. The van der Waals surface area contributed by atoms with E-state index in [1.165, 1.54) is 0 Å². The van der Waals surface area contributed by atoms with Gasteiger partial charge in [-0.15, -0.1) is 0 Å². The van der Waals surface area contributed by atoms with Crippen LogP contribution in [-0.2, 0) is 11.3 Å². The molecule has 0 N–H and O–H groups in total. The molecular formula is C19H29BrN2O3. The summed E-state index contributed by atoms with van der Waals surface area (Å²) in [5, 5.41) is 0. The Kier molecular flexibility index (Phi) is 6.38. The predicted molar refractivity (Wildman–Crippen MR) is 103 cm³/mol. The van der Waals surface area contributed by atoms with Gasteiger partial charge < -0.3 is 14.4 Å². The summed E-state index contributed by atoms with van der Waals surface area (Å²) in [5.74, 6) is 0.936. The lowest BCUT2D eigenvalue weighted by atomic mass is 10.1. The second kappa shape index (κ2) is 7.96. The Morgan fingerprint density at radius 3 is 2.56 bits per heavy atom. The van der Waals surface area contributed by atoms with E-state index in [0.29, 0.717) is 6.54 Å². The van der Waals surface area contributed by atoms with E-state index in [1.54, 1.807) is 7.11 Å². The number of piperazine rings is 1. The summed E-state index contributed by atoms with van der Waals surface area (Å²) in [7, 11) is 1.71. The van der Waals surface area contributed by atoms with Gasteiger partial charge in [-0.25, -0.2) is 4.79 Å². The van der Waals surface area contributed by atoms with Gasteiger partial charge in [0.1, 0.15) is 11.4 Å². The molecule has 25 heavy (non-hydrogen) atoms. The maximum absolute atomic E-state index is 12.3. The average Bonchev–Trinajstić information content (AvgIpc) is 2.44. The Morgan fingerprint density at radius 2 is 2.00 bits per heavy atom. The minimum atomic E-state index is -0.463. The van der Waals surface area contributed by atoms with Gasteiger partial charge in [-0.05, 0) is 52.3 Å². The van der Waals surface area contributed by atoms with Crippen LogP contribution in [0.3, 0.4) is 0 Å². The number of aryl methyl sites for hydroxylation is 1. The highest BCUT2D eigenvalue weighted by Crippen LogP contribution is 2.29. The van der Waals surface area contributed by atoms with Crippen molar-refractivity contribution in [2.75, 3.05) is 26.7 Å². The van der Waals surface area contributed by atoms with Gasteiger partial charge >= 0.3 is 6.09 Å². The molecule has 5 nitrogen and oxygen atoms in total. The molecule has 0 aromatic heterocycles. The van der Waals surface area contributed by atoms with Gasteiger partial charge in [0.2, 0.25) is 0 Å². The first-order chi connectivity index (χ1) is 11.6. The molecule has 1 aromatic rings. The summed E-state index contributed by atoms with van der Waals surface area (Å²) in [6.45, 7) is 12.9. The van der Waals surface area contributed by atoms with Crippen molar-refractivity contribution >= 4 is 22.0 Å². The molecule has 1 aliphatic heterocycles. The number of hydrogen-bond acceptors (Lipinski definition) is 4. The van der Waals surface area contributed by atoms with E-state index in [2.05, 4.69) is 46.8 Å². The summed E-state index contributed by atoms with van der Waals surface area (Å²) in [5.41, 5.74) is 1.81. The van der Waals surface area contributed by atoms with Crippen LogP contribution in [0.5, 0.6) is 5.75 Å². The van der Waals surface area contributed by atoms with Crippen LogP contribution >= 0.6 is 15.9 Å². The van der Waals surface area contributed by atoms with Gasteiger partial charge in [0.25, 0.3) is 0 Å². The van der Waals surface area contributed by atoms with Crippen LogP contribution in [0.1, 0.15) is 38.8 Å². The number of hydrogen-bond donors (Lipinski definition) is 0. The van der Waals surface area contributed by atoms with Gasteiger partial charge in [0, 0.05) is 42.3 Å². The maximum atomic E-state index is 12.3. The van der Waals surface area contributed by atoms with Crippen molar-refractivity contribution < 1.29 is 14.3 Å². The molecule has 0 bridgehead atoms. The van der Waals surface area contributed by atoms with Crippen molar-refractivity contribution in [2.24, 2.45) is 0 Å². The summed E-state index contributed by atoms with van der Waals surface area (Å²) < 4.78 is 12.1. The lowest BCUT2D eigenvalue weighted by Crippen LogP contribution is -2.54. The molecular weight excluding hydrogens is 384 g/mol. The number of carbonyl (C=O) groups is 1. The van der Waals surface area contributed by atoms with E-state index < -0.39 is 5.60 Å². The number of amides is 1. The first-order valence-electron chi connectivity index (χ1n) is 8.65. The zero-order valence-electron chi connectivity index (χ0n) is 16.1. The molecule has 0 radical (unpaired) electrons. The quantitative estimate of drug-likeness (QED) is 0.745. The Balaban J connectivity index is 2.03. The average molecular weight is 413 g/mol. The smallest absolute Gasteiger partial charge is 0.410 e. The van der Waals surface area contributed by atoms with Gasteiger partial charge in [-0.1, -0.05) is 15.9 Å². The van der Waals surface area contributed by atoms with E-state index in [9.17, 15) is 4.79 Å². The van der Waals surface area contributed by atoms with Crippen LogP contribution < -0.4 is 4.74 Å². The number of carbonyl (C=O) groups excluding carboxylic acids is 1. The lowest BCUT2D eigenvalue weighted by Gasteiger charge is -2.40. The molecule has 1 atom stereocenters. The fraction of sp³-hybridized carbons (Fsp3) is 0.632. The van der Waals surface area contributed by atoms with Crippen LogP contribution in [0.4, 0.5) is 4.79 Å². The fourth-order valence-electron chi connectivity index (χ4n) is 3.22. The first kappa shape index (κ1) is 20.0. The number of benzene rings is 1. The van der Waals surface area contributed by atoms with Crippen LogP contribution in [0.25, 0.3) is 0 Å². The molecule has 1 aliphatic rings. The zero-order valence-corrected chi connectivity index (χ0v) is 17.6. The second-order valence-electron chi connectivity index (χ2n) is 7.67. The van der Waals surface area contributed by atoms with Crippen molar-refractivity contribution in [1.29, 1.82) is 0 Å². The summed E-state index contributed by atoms with van der Waals surface area (Å²) in [6, 6.07) is 4.28. The molecule has 0 unspecified atom stereocenters. The fourth-order valence-corrected chi connectivity index (χ4v) is 3.84. The Morgan fingerprint density at radius 1 is 1.32 bits per heavy atom. The van der Waals surface area contributed by atoms with E-state index >= 15 is 0 Å². The van der Waals surface area contributed by atoms with E-state index in [1.807, 2.05) is 25.7 Å². The molecule has 1 heterocycles. The number of halogens is 1. The Hall–Kier alpha value is -1.27. The third-order valence-electron chi connectivity index (χ3n) is 4.25. The predicted octanol–water partition coefficient (Wildman–Crippen LogP) is 4.21. The topological polar surface area (TPSA) is 42.0 Å². The summed E-state index contributed by atoms with van der Waals surface area (Å²) in [6.07, 6.45) is -0.226. The van der Waals surface area contributed by atoms with Crippen molar-refractivity contribution in [2.45, 2.75) is 52.8 Å². The van der Waals surface area contributed by atoms with Gasteiger partial charge in [0.05, 0.1) is 7.11 Å². The monoisotopic (exact) mass is 412 g/mol. The van der Waals surface area contributed by atoms with E-state index in [0.717, 1.165) is 41.0 Å². The van der Waals surface area contributed by atoms with Gasteiger partial charge in [0.15, 0.2) is 0 Å². The molecule has 6 heteroatoms. The van der Waals surface area contributed by atoms with E-state index in [-0.39, 0.29) is 12.1 Å². The highest BCUT2D eigenvalue weighted by molar-refractivity contribution is 9.10. The van der Waals surface area contributed by atoms with Crippen molar-refractivity contribution in [3.63, 3.8) is 0 Å². The largest absolute Gasteiger partial charge is 0.496 e. The maximum Gasteiger partial charge on any atom is 0.410 e. The lowest BCUT2D eigenvalue weighted by molar-refractivity contribution is 0.000482. The molecule has 1 saturated heterocycles. The van der Waals surface area contributed by atoms with Crippen molar-refractivity contribution in [1.82, 2.24) is 9.80 Å². The van der Waals surface area contributed by atoms with Crippen molar-refractivity contribution in [3.8, 4) is 5.75 Å². The molecule has 2 rings (SSSR count). The molecule has 1 fully saturated rings. The van der Waals surface area contributed by atoms with E-state index in [4.69, 9.17) is 9.47 Å². The van der Waals surface area contributed by atoms with Crippen molar-refractivity contribution in [3.05, 3.63) is 27.7 Å². The summed E-state index contributed by atoms with van der Waals surface area (Å²) >= 11 is 3.57. The third-order valence-corrected chi connectivity index (χ3v) is 4.71. The molecule has 140 valence electrons. The van der Waals surface area contributed by atoms with Crippen LogP contribution in [-0.4, -0.2) is 54.3 Å². The van der Waals surface area contributed by atoms with Gasteiger partial charge in [-0.2, -0.15) is 0 Å². The number of rotatable bonds is 3. The normalized spacial score (nSPS) is 19.0. The third kappa shape index (κ3) is 5.35. The van der Waals surface area contributed by atoms with Gasteiger partial charge in [-0.3, -0.25) is 4.90 Å². The first-order valence-corrected chi connectivity index (χ1v) is 9.45. The SMILES string of the molecule is COc1c(C)cc(Br)cc1CN1CCN(C(=O)OC(C)(C)C)[C@H](C)C1. The molecule has 1 amide bonds. The molecule has 0 spiro atoms. The van der Waals surface area contributed by atoms with Crippen LogP contribution in [0.2, 0.25) is 0 Å². The number of ether oxygens (including phenoxy) is 2. The molecule has 0 saturated carbocycles. The minimum Gasteiger partial charge on any atom is -0.496 e. The van der Waals surface area contributed by atoms with Crippen LogP contribution in [0.15, 0.2) is 16.6 Å². The minimum absolute atomic E-state index is 0.114. The van der Waals surface area contributed by atoms with Crippen LogP contribution in [0, 0.1) is 6.92 Å². The standard InChI is InChI=1S/C19H29BrN2O3/c1-13-9-16(20)10-15(17(13)24-6)12-21-7-8-22(14(2)11-21)18(23)25-19(3,4)5/h9-10,14H,7-8,11-12H2,1-6H3/t14-/m1/s1. The number of nitrogens with zero attached hydrogens (tertiary/aromatic N) is 2. The molecule has 0 aliphatic carbocycles.